The molecular formula is C17H29BCl4N2O4. The van der Waals surface area contributed by atoms with Crippen LogP contribution in [0.3, 0.4) is 0 Å². The number of rotatable bonds is 13. The van der Waals surface area contributed by atoms with Crippen molar-refractivity contribution in [2.75, 3.05) is 13.1 Å². The Labute approximate surface area is 189 Å². The van der Waals surface area contributed by atoms with Gasteiger partial charge in [-0.15, -0.1) is 24.8 Å². The normalized spacial score (nSPS) is 12.5. The summed E-state index contributed by atoms with van der Waals surface area (Å²) in [5.41, 5.74) is 5.75. The Hall–Kier alpha value is -0.245. The summed E-state index contributed by atoms with van der Waals surface area (Å²) < 4.78 is 0. The second-order valence-corrected chi connectivity index (χ2v) is 7.37. The number of aliphatic carboxylic acids is 1. The fourth-order valence-electron chi connectivity index (χ4n) is 2.71. The minimum absolute atomic E-state index is 0. The predicted molar refractivity (Wildman–Crippen MR) is 120 cm³/mol. The molecule has 6 N–H and O–H groups in total. The SMILES string of the molecule is Cl.Cl.NC(CCCCB(O)O)(CCCNCCc1ccc(Cl)cc1Cl)C(=O)O. The molecule has 0 bridgehead atoms. The summed E-state index contributed by atoms with van der Waals surface area (Å²) in [7, 11) is -1.36. The van der Waals surface area contributed by atoms with E-state index in [9.17, 15) is 9.90 Å². The third-order valence-corrected chi connectivity index (χ3v) is 4.91. The van der Waals surface area contributed by atoms with Crippen LogP contribution in [0.5, 0.6) is 0 Å². The van der Waals surface area contributed by atoms with E-state index in [1.165, 1.54) is 0 Å². The number of nitrogens with one attached hydrogen (secondary N) is 1. The van der Waals surface area contributed by atoms with Crippen molar-refractivity contribution in [2.45, 2.75) is 50.4 Å². The lowest BCUT2D eigenvalue weighted by Gasteiger charge is -2.24. The third-order valence-electron chi connectivity index (χ3n) is 4.32. The average molecular weight is 478 g/mol. The molecule has 11 heteroatoms. The van der Waals surface area contributed by atoms with Gasteiger partial charge >= 0.3 is 13.1 Å². The first kappa shape index (κ1) is 30.0. The fraction of sp³-hybridized carbons (Fsp3) is 0.588. The van der Waals surface area contributed by atoms with E-state index in [1.807, 2.05) is 6.07 Å². The van der Waals surface area contributed by atoms with Crippen LogP contribution in [-0.4, -0.2) is 46.9 Å². The number of carboxylic acids is 1. The van der Waals surface area contributed by atoms with Gasteiger partial charge in [-0.05, 0) is 62.8 Å². The minimum Gasteiger partial charge on any atom is -0.480 e. The smallest absolute Gasteiger partial charge is 0.451 e. The van der Waals surface area contributed by atoms with Gasteiger partial charge in [0.05, 0.1) is 0 Å². The molecule has 28 heavy (non-hydrogen) atoms. The Morgan fingerprint density at radius 2 is 1.75 bits per heavy atom. The predicted octanol–water partition coefficient (Wildman–Crippen LogP) is 3.17. The number of hydrogen-bond donors (Lipinski definition) is 5. The van der Waals surface area contributed by atoms with Crippen LogP contribution in [0.25, 0.3) is 0 Å². The molecule has 1 aromatic carbocycles. The van der Waals surface area contributed by atoms with Gasteiger partial charge in [-0.1, -0.05) is 42.1 Å². The Balaban J connectivity index is 0. The summed E-state index contributed by atoms with van der Waals surface area (Å²) in [6.07, 6.45) is 3.37. The quantitative estimate of drug-likeness (QED) is 0.220. The molecule has 0 amide bonds. The van der Waals surface area contributed by atoms with Crippen LogP contribution in [0.1, 0.15) is 37.7 Å². The molecular weight excluding hydrogens is 449 g/mol. The lowest BCUT2D eigenvalue weighted by molar-refractivity contribution is -0.144. The molecule has 0 spiro atoms. The highest BCUT2D eigenvalue weighted by Crippen LogP contribution is 2.21. The van der Waals surface area contributed by atoms with E-state index >= 15 is 0 Å². The van der Waals surface area contributed by atoms with Crippen molar-refractivity contribution < 1.29 is 19.9 Å². The molecule has 0 fully saturated rings. The van der Waals surface area contributed by atoms with Gasteiger partial charge in [-0.3, -0.25) is 4.79 Å². The van der Waals surface area contributed by atoms with Crippen LogP contribution in [0.2, 0.25) is 16.4 Å². The molecule has 1 rings (SSSR count). The van der Waals surface area contributed by atoms with E-state index in [0.29, 0.717) is 48.7 Å². The Bertz CT molecular complexity index is 584. The zero-order valence-electron chi connectivity index (χ0n) is 15.6. The highest BCUT2D eigenvalue weighted by atomic mass is 35.5. The average Bonchev–Trinajstić information content (AvgIpc) is 2.56. The minimum atomic E-state index is -1.36. The lowest BCUT2D eigenvalue weighted by atomic mass is 9.81. The lowest BCUT2D eigenvalue weighted by Crippen LogP contribution is -2.48. The maximum absolute atomic E-state index is 11.4. The van der Waals surface area contributed by atoms with Crippen LogP contribution in [0.15, 0.2) is 18.2 Å². The number of unbranched alkanes of at least 4 members (excludes halogenated alkanes) is 1. The first-order chi connectivity index (χ1) is 12.2. The number of benzene rings is 1. The third kappa shape index (κ3) is 11.7. The Kier molecular flexibility index (Phi) is 16.7. The first-order valence-corrected chi connectivity index (χ1v) is 9.53. The van der Waals surface area contributed by atoms with Crippen LogP contribution in [-0.2, 0) is 11.2 Å². The van der Waals surface area contributed by atoms with Crippen molar-refractivity contribution in [2.24, 2.45) is 5.73 Å². The van der Waals surface area contributed by atoms with Crippen molar-refractivity contribution in [1.82, 2.24) is 5.32 Å². The van der Waals surface area contributed by atoms with Gasteiger partial charge < -0.3 is 26.2 Å². The van der Waals surface area contributed by atoms with Crippen LogP contribution in [0.4, 0.5) is 0 Å². The summed E-state index contributed by atoms with van der Waals surface area (Å²) in [4.78, 5) is 11.4. The van der Waals surface area contributed by atoms with E-state index in [4.69, 9.17) is 39.0 Å². The molecule has 1 unspecified atom stereocenters. The molecule has 6 nitrogen and oxygen atoms in total. The van der Waals surface area contributed by atoms with E-state index in [0.717, 1.165) is 18.5 Å². The van der Waals surface area contributed by atoms with E-state index in [1.54, 1.807) is 12.1 Å². The summed E-state index contributed by atoms with van der Waals surface area (Å²) >= 11 is 12.0. The molecule has 1 atom stereocenters. The summed E-state index contributed by atoms with van der Waals surface area (Å²) in [5, 5.41) is 31.5. The molecule has 0 radical (unpaired) electrons. The standard InChI is InChI=1S/C17H27BCl2N2O4.2ClH/c19-14-5-4-13(15(20)12-14)6-11-22-10-3-8-17(21,16(23)24)7-1-2-9-18(25)26;;/h4-5,12,22,25-26H,1-3,6-11,21H2,(H,23,24);2*1H. The molecule has 162 valence electrons. The van der Waals surface area contributed by atoms with E-state index in [-0.39, 0.29) is 31.1 Å². The summed E-state index contributed by atoms with van der Waals surface area (Å²) in [5.74, 6) is -1.02. The zero-order valence-corrected chi connectivity index (χ0v) is 18.7. The number of carboxylic acid groups (broad SMARTS) is 1. The highest BCUT2D eigenvalue weighted by Gasteiger charge is 2.32. The molecule has 0 saturated heterocycles. The van der Waals surface area contributed by atoms with Crippen molar-refractivity contribution in [1.29, 1.82) is 0 Å². The van der Waals surface area contributed by atoms with Gasteiger partial charge in [0, 0.05) is 10.0 Å². The van der Waals surface area contributed by atoms with Crippen LogP contribution >= 0.6 is 48.0 Å². The van der Waals surface area contributed by atoms with Crippen molar-refractivity contribution >= 4 is 61.1 Å². The summed E-state index contributed by atoms with van der Waals surface area (Å²) in [6, 6.07) is 5.41. The maximum atomic E-state index is 11.4. The highest BCUT2D eigenvalue weighted by molar-refractivity contribution is 6.40. The van der Waals surface area contributed by atoms with E-state index < -0.39 is 18.6 Å². The van der Waals surface area contributed by atoms with Crippen molar-refractivity contribution in [3.05, 3.63) is 33.8 Å². The number of halogens is 4. The fourth-order valence-corrected chi connectivity index (χ4v) is 3.21. The summed E-state index contributed by atoms with van der Waals surface area (Å²) in [6.45, 7) is 1.38. The molecule has 0 saturated carbocycles. The Morgan fingerprint density at radius 1 is 1.11 bits per heavy atom. The van der Waals surface area contributed by atoms with Gasteiger partial charge in [-0.25, -0.2) is 0 Å². The molecule has 0 aliphatic rings. The van der Waals surface area contributed by atoms with Crippen molar-refractivity contribution in [3.8, 4) is 0 Å². The number of nitrogens with two attached hydrogens (primary N) is 1. The zero-order chi connectivity index (χ0) is 19.6. The molecule has 0 aliphatic heterocycles. The molecule has 0 aliphatic carbocycles. The number of hydrogen-bond acceptors (Lipinski definition) is 5. The second-order valence-electron chi connectivity index (χ2n) is 6.53. The van der Waals surface area contributed by atoms with Gasteiger partial charge in [0.1, 0.15) is 5.54 Å². The second kappa shape index (κ2) is 15.6. The van der Waals surface area contributed by atoms with Gasteiger partial charge in [0.2, 0.25) is 0 Å². The number of carbonyl (C=O) groups is 1. The molecule has 1 aromatic rings. The largest absolute Gasteiger partial charge is 0.480 e. The van der Waals surface area contributed by atoms with Gasteiger partial charge in [0.15, 0.2) is 0 Å². The molecule has 0 heterocycles. The Morgan fingerprint density at radius 3 is 2.32 bits per heavy atom. The van der Waals surface area contributed by atoms with E-state index in [2.05, 4.69) is 5.32 Å². The van der Waals surface area contributed by atoms with Crippen LogP contribution in [0, 0.1) is 0 Å². The monoisotopic (exact) mass is 476 g/mol. The van der Waals surface area contributed by atoms with Crippen LogP contribution < -0.4 is 11.1 Å². The van der Waals surface area contributed by atoms with Gasteiger partial charge in [-0.2, -0.15) is 0 Å². The van der Waals surface area contributed by atoms with Crippen molar-refractivity contribution in [3.63, 3.8) is 0 Å². The topological polar surface area (TPSA) is 116 Å². The van der Waals surface area contributed by atoms with Gasteiger partial charge in [0.25, 0.3) is 0 Å². The maximum Gasteiger partial charge on any atom is 0.451 e. The first-order valence-electron chi connectivity index (χ1n) is 8.77. The molecule has 0 aromatic heterocycles.